The lowest BCUT2D eigenvalue weighted by Crippen LogP contribution is -2.30. The van der Waals surface area contributed by atoms with Crippen LogP contribution in [0.2, 0.25) is 0 Å². The Kier molecular flexibility index (Phi) is 5.93. The number of carbonyl (C=O) groups is 3. The summed E-state index contributed by atoms with van der Waals surface area (Å²) in [4.78, 5) is 35.6. The van der Waals surface area contributed by atoms with E-state index in [4.69, 9.17) is 4.74 Å². The van der Waals surface area contributed by atoms with Crippen LogP contribution in [0, 0.1) is 0 Å². The summed E-state index contributed by atoms with van der Waals surface area (Å²) < 4.78 is 6.67. The molecule has 0 aliphatic carbocycles. The molecule has 148 valence electrons. The van der Waals surface area contributed by atoms with Crippen molar-refractivity contribution in [2.24, 2.45) is 0 Å². The van der Waals surface area contributed by atoms with Gasteiger partial charge in [-0.3, -0.25) is 9.59 Å². The SMILES string of the molecule is CC(=O)Nc1ccc(NC(=O)[C@H](C)OC(=O)c2ccc(-n3cnnn3)cc2)cc1. The molecular formula is C19H18N6O4. The highest BCUT2D eigenvalue weighted by atomic mass is 16.5. The molecule has 1 heterocycles. The molecule has 2 N–H and O–H groups in total. The smallest absolute Gasteiger partial charge is 0.338 e. The number of rotatable bonds is 6. The molecule has 29 heavy (non-hydrogen) atoms. The fraction of sp³-hybridized carbons (Fsp3) is 0.158. The molecule has 0 aliphatic heterocycles. The summed E-state index contributed by atoms with van der Waals surface area (Å²) in [5.41, 5.74) is 2.10. The minimum Gasteiger partial charge on any atom is -0.449 e. The van der Waals surface area contributed by atoms with E-state index in [9.17, 15) is 14.4 Å². The van der Waals surface area contributed by atoms with Crippen molar-refractivity contribution >= 4 is 29.2 Å². The monoisotopic (exact) mass is 394 g/mol. The number of ether oxygens (including phenoxy) is 1. The van der Waals surface area contributed by atoms with Crippen LogP contribution in [0.1, 0.15) is 24.2 Å². The van der Waals surface area contributed by atoms with Gasteiger partial charge in [0.25, 0.3) is 5.91 Å². The van der Waals surface area contributed by atoms with Gasteiger partial charge in [0.2, 0.25) is 5.91 Å². The van der Waals surface area contributed by atoms with E-state index in [1.54, 1.807) is 48.5 Å². The predicted octanol–water partition coefficient (Wildman–Crippen LogP) is 1.80. The molecule has 2 amide bonds. The lowest BCUT2D eigenvalue weighted by Gasteiger charge is -2.14. The van der Waals surface area contributed by atoms with Crippen molar-refractivity contribution in [2.45, 2.75) is 20.0 Å². The average Bonchev–Trinajstić information content (AvgIpc) is 3.24. The highest BCUT2D eigenvalue weighted by molar-refractivity contribution is 5.97. The zero-order chi connectivity index (χ0) is 20.8. The number of aromatic nitrogens is 4. The lowest BCUT2D eigenvalue weighted by molar-refractivity contribution is -0.123. The second-order valence-electron chi connectivity index (χ2n) is 6.10. The Morgan fingerprint density at radius 3 is 2.14 bits per heavy atom. The Bertz CT molecular complexity index is 1000. The molecule has 0 bridgehead atoms. The van der Waals surface area contributed by atoms with Gasteiger partial charge in [-0.2, -0.15) is 0 Å². The second-order valence-corrected chi connectivity index (χ2v) is 6.10. The van der Waals surface area contributed by atoms with E-state index in [2.05, 4.69) is 26.2 Å². The third-order valence-corrected chi connectivity index (χ3v) is 3.84. The summed E-state index contributed by atoms with van der Waals surface area (Å²) in [6.45, 7) is 2.89. The van der Waals surface area contributed by atoms with Crippen molar-refractivity contribution in [3.63, 3.8) is 0 Å². The van der Waals surface area contributed by atoms with Crippen molar-refractivity contribution in [1.29, 1.82) is 0 Å². The first-order valence-electron chi connectivity index (χ1n) is 8.65. The normalized spacial score (nSPS) is 11.4. The number of carbonyl (C=O) groups excluding carboxylic acids is 3. The number of nitrogens with zero attached hydrogens (tertiary/aromatic N) is 4. The molecule has 1 atom stereocenters. The van der Waals surface area contributed by atoms with Gasteiger partial charge in [-0.05, 0) is 65.9 Å². The zero-order valence-electron chi connectivity index (χ0n) is 15.7. The number of hydrogen-bond donors (Lipinski definition) is 2. The summed E-state index contributed by atoms with van der Waals surface area (Å²) in [7, 11) is 0. The highest BCUT2D eigenvalue weighted by Crippen LogP contribution is 2.15. The van der Waals surface area contributed by atoms with Gasteiger partial charge >= 0.3 is 5.97 Å². The van der Waals surface area contributed by atoms with E-state index in [0.29, 0.717) is 22.6 Å². The van der Waals surface area contributed by atoms with Crippen LogP contribution in [0.25, 0.3) is 5.69 Å². The van der Waals surface area contributed by atoms with Crippen LogP contribution in [-0.4, -0.2) is 44.1 Å². The van der Waals surface area contributed by atoms with Gasteiger partial charge < -0.3 is 15.4 Å². The molecule has 2 aromatic carbocycles. The molecule has 0 fully saturated rings. The Morgan fingerprint density at radius 1 is 0.966 bits per heavy atom. The average molecular weight is 394 g/mol. The number of hydrogen-bond acceptors (Lipinski definition) is 7. The maximum absolute atomic E-state index is 12.3. The van der Waals surface area contributed by atoms with Crippen LogP contribution < -0.4 is 10.6 Å². The van der Waals surface area contributed by atoms with E-state index in [0.717, 1.165) is 0 Å². The Morgan fingerprint density at radius 2 is 1.59 bits per heavy atom. The number of esters is 1. The fourth-order valence-corrected chi connectivity index (χ4v) is 2.40. The maximum atomic E-state index is 12.3. The summed E-state index contributed by atoms with van der Waals surface area (Å²) in [6.07, 6.45) is 0.430. The van der Waals surface area contributed by atoms with Gasteiger partial charge in [0.1, 0.15) is 6.33 Å². The van der Waals surface area contributed by atoms with Crippen LogP contribution in [0.4, 0.5) is 11.4 Å². The summed E-state index contributed by atoms with van der Waals surface area (Å²) >= 11 is 0. The van der Waals surface area contributed by atoms with Gasteiger partial charge in [0, 0.05) is 18.3 Å². The van der Waals surface area contributed by atoms with Crippen molar-refractivity contribution in [3.8, 4) is 5.69 Å². The first-order valence-corrected chi connectivity index (χ1v) is 8.65. The lowest BCUT2D eigenvalue weighted by atomic mass is 10.2. The zero-order valence-corrected chi connectivity index (χ0v) is 15.7. The quantitative estimate of drug-likeness (QED) is 0.610. The van der Waals surface area contributed by atoms with E-state index in [-0.39, 0.29) is 5.91 Å². The minimum absolute atomic E-state index is 0.187. The van der Waals surface area contributed by atoms with Crippen molar-refractivity contribution in [1.82, 2.24) is 20.2 Å². The predicted molar refractivity (Wildman–Crippen MR) is 103 cm³/mol. The standard InChI is InChI=1S/C19H18N6O4/c1-12(18(27)22-16-7-5-15(6-8-16)21-13(2)26)29-19(28)14-3-9-17(10-4-14)25-11-20-23-24-25/h3-12H,1-2H3,(H,21,26)(H,22,27)/t12-/m0/s1. The third kappa shape index (κ3) is 5.22. The largest absolute Gasteiger partial charge is 0.449 e. The molecule has 0 saturated carbocycles. The number of amides is 2. The molecule has 3 aromatic rings. The van der Waals surface area contributed by atoms with E-state index < -0.39 is 18.0 Å². The number of benzene rings is 2. The van der Waals surface area contributed by atoms with E-state index in [1.807, 2.05) is 0 Å². The molecule has 0 spiro atoms. The number of anilines is 2. The van der Waals surface area contributed by atoms with Gasteiger partial charge in [0.15, 0.2) is 6.10 Å². The van der Waals surface area contributed by atoms with Gasteiger partial charge in [-0.15, -0.1) is 5.10 Å². The Hall–Kier alpha value is -4.08. The van der Waals surface area contributed by atoms with Crippen LogP contribution in [0.5, 0.6) is 0 Å². The van der Waals surface area contributed by atoms with E-state index in [1.165, 1.54) is 24.9 Å². The molecule has 0 aliphatic rings. The van der Waals surface area contributed by atoms with Crippen molar-refractivity contribution in [2.75, 3.05) is 10.6 Å². The molecule has 3 rings (SSSR count). The van der Waals surface area contributed by atoms with Crippen LogP contribution in [0.15, 0.2) is 54.9 Å². The summed E-state index contributed by atoms with van der Waals surface area (Å²) in [6, 6.07) is 13.0. The molecule has 0 radical (unpaired) electrons. The van der Waals surface area contributed by atoms with Crippen LogP contribution >= 0.6 is 0 Å². The first kappa shape index (κ1) is 19.7. The number of tetrazole rings is 1. The fourth-order valence-electron chi connectivity index (χ4n) is 2.40. The van der Waals surface area contributed by atoms with Gasteiger partial charge in [-0.25, -0.2) is 9.48 Å². The molecule has 0 unspecified atom stereocenters. The minimum atomic E-state index is -1.00. The highest BCUT2D eigenvalue weighted by Gasteiger charge is 2.19. The van der Waals surface area contributed by atoms with Gasteiger partial charge in [0.05, 0.1) is 11.3 Å². The summed E-state index contributed by atoms with van der Waals surface area (Å²) in [5, 5.41) is 16.1. The van der Waals surface area contributed by atoms with Crippen LogP contribution in [-0.2, 0) is 14.3 Å². The second kappa shape index (κ2) is 8.74. The maximum Gasteiger partial charge on any atom is 0.338 e. The van der Waals surface area contributed by atoms with Crippen LogP contribution in [0.3, 0.4) is 0 Å². The molecular weight excluding hydrogens is 376 g/mol. The Balaban J connectivity index is 1.56. The third-order valence-electron chi connectivity index (χ3n) is 3.84. The molecule has 1 aromatic heterocycles. The Labute approximate surface area is 165 Å². The molecule has 0 saturated heterocycles. The summed E-state index contributed by atoms with van der Waals surface area (Å²) in [5.74, 6) is -1.29. The molecule has 10 nitrogen and oxygen atoms in total. The van der Waals surface area contributed by atoms with Crippen molar-refractivity contribution < 1.29 is 19.1 Å². The van der Waals surface area contributed by atoms with Crippen molar-refractivity contribution in [3.05, 3.63) is 60.4 Å². The van der Waals surface area contributed by atoms with Gasteiger partial charge in [-0.1, -0.05) is 0 Å². The number of nitrogens with one attached hydrogen (secondary N) is 2. The molecule has 10 heteroatoms. The first-order chi connectivity index (χ1) is 13.9. The van der Waals surface area contributed by atoms with E-state index >= 15 is 0 Å². The topological polar surface area (TPSA) is 128 Å².